The summed E-state index contributed by atoms with van der Waals surface area (Å²) in [6, 6.07) is 50.7. The van der Waals surface area contributed by atoms with Crippen molar-refractivity contribution in [2.45, 2.75) is 0 Å². The lowest BCUT2D eigenvalue weighted by Crippen LogP contribution is -2.21. The van der Waals surface area contributed by atoms with Crippen LogP contribution in [-0.2, 0) is 0 Å². The minimum absolute atomic E-state index is 0.608. The molecule has 0 aliphatic rings. The second-order valence-corrected chi connectivity index (χ2v) is 15.3. The van der Waals surface area contributed by atoms with Crippen molar-refractivity contribution in [3.8, 4) is 46.0 Å². The van der Waals surface area contributed by atoms with E-state index >= 15 is 0 Å². The Morgan fingerprint density at radius 2 is 0.469 bits per heavy atom. The van der Waals surface area contributed by atoms with E-state index in [1.54, 1.807) is 56.9 Å². The molecule has 0 bridgehead atoms. The Kier molecular flexibility index (Phi) is 11.3. The Balaban J connectivity index is 1.65. The molecule has 0 heterocycles. The summed E-state index contributed by atoms with van der Waals surface area (Å²) in [6.07, 6.45) is 0. The van der Waals surface area contributed by atoms with Crippen LogP contribution in [0, 0.1) is 0 Å². The topological polar surface area (TPSA) is 73.8 Å². The van der Waals surface area contributed by atoms with Crippen molar-refractivity contribution in [1.29, 1.82) is 0 Å². The van der Waals surface area contributed by atoms with Crippen LogP contribution in [0.5, 0.6) is 46.0 Å². The van der Waals surface area contributed by atoms with Crippen molar-refractivity contribution >= 4 is 54.2 Å². The van der Waals surface area contributed by atoms with E-state index in [-0.39, 0.29) is 0 Å². The number of benzene rings is 9. The number of hydrogen-bond acceptors (Lipinski definition) is 8. The summed E-state index contributed by atoms with van der Waals surface area (Å²) in [5, 5.41) is 10.6. The first-order chi connectivity index (χ1) is 31.4. The highest BCUT2D eigenvalue weighted by atomic mass is 16.5. The van der Waals surface area contributed by atoms with Crippen molar-refractivity contribution < 1.29 is 37.9 Å². The predicted octanol–water partition coefficient (Wildman–Crippen LogP) is 10.9. The average molecular weight is 849 g/mol. The van der Waals surface area contributed by atoms with Crippen molar-refractivity contribution in [2.24, 2.45) is 0 Å². The normalized spacial score (nSPS) is 11.1. The molecular formula is C56H48O8. The van der Waals surface area contributed by atoms with Crippen LogP contribution in [0.2, 0.25) is 0 Å². The van der Waals surface area contributed by atoms with Crippen LogP contribution in [0.15, 0.2) is 146 Å². The van der Waals surface area contributed by atoms with Gasteiger partial charge >= 0.3 is 0 Å². The largest absolute Gasteiger partial charge is 0.493 e. The van der Waals surface area contributed by atoms with Crippen LogP contribution in [0.1, 0.15) is 22.3 Å². The highest BCUT2D eigenvalue weighted by Gasteiger charge is 2.22. The lowest BCUT2D eigenvalue weighted by molar-refractivity contribution is 0.354. The fourth-order valence-corrected chi connectivity index (χ4v) is 9.01. The number of ether oxygens (including phenoxy) is 8. The van der Waals surface area contributed by atoms with Gasteiger partial charge in [0.05, 0.1) is 56.9 Å². The fourth-order valence-electron chi connectivity index (χ4n) is 9.01. The summed E-state index contributed by atoms with van der Waals surface area (Å²) in [5.41, 5.74) is 5.62. The maximum absolute atomic E-state index is 5.97. The van der Waals surface area contributed by atoms with Gasteiger partial charge in [0.1, 0.15) is 0 Å². The number of fused-ring (bicyclic) bond motifs is 4. The number of hydrogen-bond donors (Lipinski definition) is 0. The summed E-state index contributed by atoms with van der Waals surface area (Å²) in [7, 11) is 13.2. The molecular weight excluding hydrogens is 801 g/mol. The molecule has 64 heavy (non-hydrogen) atoms. The molecule has 0 aliphatic heterocycles. The summed E-state index contributed by atoms with van der Waals surface area (Å²) < 4.78 is 46.9. The molecule has 0 saturated carbocycles. The van der Waals surface area contributed by atoms with Gasteiger partial charge in [-0.25, -0.2) is 0 Å². The van der Waals surface area contributed by atoms with E-state index in [1.807, 2.05) is 48.5 Å². The van der Waals surface area contributed by atoms with E-state index in [4.69, 9.17) is 37.9 Å². The number of rotatable bonds is 12. The van der Waals surface area contributed by atoms with Crippen molar-refractivity contribution in [1.82, 2.24) is 0 Å². The minimum Gasteiger partial charge on any atom is -0.493 e. The Hall–Kier alpha value is -7.84. The molecule has 0 amide bonds. The van der Waals surface area contributed by atoms with Gasteiger partial charge in [0.15, 0.2) is 46.0 Å². The zero-order valence-electron chi connectivity index (χ0n) is 37.1. The van der Waals surface area contributed by atoms with E-state index < -0.39 is 0 Å². The van der Waals surface area contributed by atoms with Gasteiger partial charge in [-0.05, 0) is 160 Å². The molecule has 320 valence electrons. The van der Waals surface area contributed by atoms with E-state index in [0.29, 0.717) is 46.0 Å². The van der Waals surface area contributed by atoms with Crippen molar-refractivity contribution in [3.63, 3.8) is 0 Å². The van der Waals surface area contributed by atoms with Gasteiger partial charge in [0.25, 0.3) is 0 Å². The van der Waals surface area contributed by atoms with Crippen LogP contribution < -0.4 is 48.3 Å². The second-order valence-electron chi connectivity index (χ2n) is 15.3. The van der Waals surface area contributed by atoms with Gasteiger partial charge in [0, 0.05) is 0 Å². The van der Waals surface area contributed by atoms with E-state index in [0.717, 1.165) is 86.9 Å². The maximum atomic E-state index is 5.97. The highest BCUT2D eigenvalue weighted by Crippen LogP contribution is 2.39. The van der Waals surface area contributed by atoms with E-state index in [2.05, 4.69) is 97.1 Å². The summed E-state index contributed by atoms with van der Waals surface area (Å²) in [4.78, 5) is 0. The third kappa shape index (κ3) is 7.16. The molecule has 0 atom stereocenters. The first-order valence-corrected chi connectivity index (χ1v) is 20.8. The number of methoxy groups -OCH3 is 8. The van der Waals surface area contributed by atoms with Crippen LogP contribution in [0.3, 0.4) is 0 Å². The van der Waals surface area contributed by atoms with Gasteiger partial charge < -0.3 is 37.9 Å². The SMILES string of the molecule is COc1ccc(C(c2ccc(OC)c(OC)c2)=c2c3cc4ccccc4cc3c(=C(c3ccc(OC)c(OC)c3)c3ccc(OC)c(OC)c3)c3cc4ccccc4cc23)cc1OC. The molecule has 0 aliphatic carbocycles. The quantitative estimate of drug-likeness (QED) is 0.113. The van der Waals surface area contributed by atoms with Crippen LogP contribution in [-0.4, -0.2) is 56.9 Å². The zero-order chi connectivity index (χ0) is 44.5. The molecule has 0 radical (unpaired) electrons. The molecule has 0 spiro atoms. The van der Waals surface area contributed by atoms with E-state index in [1.165, 1.54) is 0 Å². The molecule has 9 aromatic rings. The lowest BCUT2D eigenvalue weighted by atomic mass is 9.84. The lowest BCUT2D eigenvalue weighted by Gasteiger charge is -2.20. The molecule has 0 fully saturated rings. The van der Waals surface area contributed by atoms with Gasteiger partial charge in [-0.1, -0.05) is 72.8 Å². The monoisotopic (exact) mass is 848 g/mol. The molecule has 9 rings (SSSR count). The fraction of sp³-hybridized carbons (Fsp3) is 0.143. The molecule has 0 aromatic heterocycles. The van der Waals surface area contributed by atoms with Crippen molar-refractivity contribution in [2.75, 3.05) is 56.9 Å². The highest BCUT2D eigenvalue weighted by molar-refractivity contribution is 6.13. The van der Waals surface area contributed by atoms with Crippen LogP contribution in [0.4, 0.5) is 0 Å². The van der Waals surface area contributed by atoms with Gasteiger partial charge in [-0.3, -0.25) is 0 Å². The Morgan fingerprint density at radius 1 is 0.250 bits per heavy atom. The second kappa shape index (κ2) is 17.5. The summed E-state index contributed by atoms with van der Waals surface area (Å²) in [5.74, 6) is 4.95. The maximum Gasteiger partial charge on any atom is 0.161 e. The van der Waals surface area contributed by atoms with Crippen LogP contribution >= 0.6 is 0 Å². The smallest absolute Gasteiger partial charge is 0.161 e. The summed E-state index contributed by atoms with van der Waals surface area (Å²) in [6.45, 7) is 0. The van der Waals surface area contributed by atoms with Crippen LogP contribution in [0.25, 0.3) is 54.2 Å². The first-order valence-electron chi connectivity index (χ1n) is 20.8. The van der Waals surface area contributed by atoms with Gasteiger partial charge in [-0.15, -0.1) is 0 Å². The molecule has 8 nitrogen and oxygen atoms in total. The molecule has 9 aromatic carbocycles. The Morgan fingerprint density at radius 3 is 0.672 bits per heavy atom. The third-order valence-corrected chi connectivity index (χ3v) is 12.0. The molecule has 0 unspecified atom stereocenters. The van der Waals surface area contributed by atoms with Gasteiger partial charge in [0.2, 0.25) is 0 Å². The summed E-state index contributed by atoms with van der Waals surface area (Å²) >= 11 is 0. The van der Waals surface area contributed by atoms with Crippen molar-refractivity contribution in [3.05, 3.63) is 178 Å². The Bertz CT molecular complexity index is 2950. The average Bonchev–Trinajstić information content (AvgIpc) is 3.35. The minimum atomic E-state index is 0.608. The Labute approximate surface area is 372 Å². The standard InChI is InChI=1S/C56H48O8/c1-57-45-21-17-37(29-49(45)61-5)53(38-18-22-46(58-2)50(30-38)62-6)55-41-25-33-13-9-11-15-35(33)27-43(41)56(44-28-36-16-12-10-14-34(36)26-42(44)55)54(39-19-23-47(59-3)51(31-39)63-7)40-20-24-48(60-4)52(32-40)64-8/h9-32H,1-8H3. The molecule has 0 saturated heterocycles. The zero-order valence-corrected chi connectivity index (χ0v) is 37.1. The van der Waals surface area contributed by atoms with Gasteiger partial charge in [-0.2, -0.15) is 0 Å². The van der Waals surface area contributed by atoms with E-state index in [9.17, 15) is 0 Å². The first kappa shape index (κ1) is 41.5. The molecule has 8 heteroatoms. The molecule has 0 N–H and O–H groups in total. The predicted molar refractivity (Wildman–Crippen MR) is 257 cm³/mol. The third-order valence-electron chi connectivity index (χ3n) is 12.0.